The van der Waals surface area contributed by atoms with Crippen molar-refractivity contribution in [3.63, 3.8) is 0 Å². The number of pyridine rings is 1. The van der Waals surface area contributed by atoms with Crippen LogP contribution in [0.15, 0.2) is 72.1 Å². The highest BCUT2D eigenvalue weighted by molar-refractivity contribution is 6.05. The van der Waals surface area contributed by atoms with Crippen LogP contribution in [0, 0.1) is 5.82 Å². The number of hydrazone groups is 1. The number of carbonyl (C=O) groups is 2. The smallest absolute Gasteiger partial charge is 0.341 e. The number of carbonyl (C=O) groups excluding carboxylic acids is 1. The third kappa shape index (κ3) is 4.82. The molecule has 0 fully saturated rings. The molecule has 4 rings (SSSR count). The number of amides is 1. The lowest BCUT2D eigenvalue weighted by Gasteiger charge is -2.22. The number of hydrogen-bond acceptors (Lipinski definition) is 6. The lowest BCUT2D eigenvalue weighted by Crippen LogP contribution is -2.27. The van der Waals surface area contributed by atoms with Crippen molar-refractivity contribution in [2.75, 3.05) is 13.7 Å². The Morgan fingerprint density at radius 3 is 2.48 bits per heavy atom. The Morgan fingerprint density at radius 2 is 1.82 bits per heavy atom. The van der Waals surface area contributed by atoms with Crippen LogP contribution in [0.1, 0.15) is 33.9 Å². The Bertz CT molecular complexity index is 1200. The van der Waals surface area contributed by atoms with E-state index in [2.05, 4.69) is 10.1 Å². The number of aromatic nitrogens is 1. The van der Waals surface area contributed by atoms with Crippen LogP contribution < -0.4 is 9.47 Å². The van der Waals surface area contributed by atoms with E-state index in [-0.39, 0.29) is 17.5 Å². The standard InChI is InChI=1S/C24H20FN3O5/c1-32-22-12-17(4-7-21(22)33-14-23(29)30)19-13-20(15-2-5-18(25)6-3-15)28(27-19)24(31)16-8-10-26-11-9-16/h2-12,20H,13-14H2,1H3,(H,29,30). The maximum absolute atomic E-state index is 13.5. The van der Waals surface area contributed by atoms with Crippen molar-refractivity contribution in [2.24, 2.45) is 5.10 Å². The van der Waals surface area contributed by atoms with Crippen molar-refractivity contribution in [2.45, 2.75) is 12.5 Å². The van der Waals surface area contributed by atoms with E-state index < -0.39 is 18.6 Å². The van der Waals surface area contributed by atoms with Gasteiger partial charge in [-0.1, -0.05) is 12.1 Å². The Labute approximate surface area is 188 Å². The van der Waals surface area contributed by atoms with Crippen LogP contribution in [0.3, 0.4) is 0 Å². The molecule has 1 aromatic heterocycles. The molecule has 0 bridgehead atoms. The fourth-order valence-electron chi connectivity index (χ4n) is 3.55. The first kappa shape index (κ1) is 21.9. The van der Waals surface area contributed by atoms with Crippen LogP contribution in [-0.2, 0) is 4.79 Å². The number of halogens is 1. The monoisotopic (exact) mass is 449 g/mol. The number of rotatable bonds is 7. The van der Waals surface area contributed by atoms with Gasteiger partial charge in [-0.15, -0.1) is 0 Å². The van der Waals surface area contributed by atoms with E-state index in [9.17, 15) is 14.0 Å². The van der Waals surface area contributed by atoms with Crippen molar-refractivity contribution in [1.82, 2.24) is 9.99 Å². The minimum Gasteiger partial charge on any atom is -0.493 e. The maximum Gasteiger partial charge on any atom is 0.341 e. The number of hydrogen-bond donors (Lipinski definition) is 1. The van der Waals surface area contributed by atoms with Gasteiger partial charge in [0.25, 0.3) is 5.91 Å². The lowest BCUT2D eigenvalue weighted by atomic mass is 9.98. The molecular formula is C24H20FN3O5. The van der Waals surface area contributed by atoms with Crippen LogP contribution in [0.25, 0.3) is 0 Å². The zero-order chi connectivity index (χ0) is 23.4. The van der Waals surface area contributed by atoms with Gasteiger partial charge in [0.1, 0.15) is 5.82 Å². The van der Waals surface area contributed by atoms with Gasteiger partial charge in [0.05, 0.1) is 18.9 Å². The van der Waals surface area contributed by atoms with Crippen LogP contribution >= 0.6 is 0 Å². The molecule has 1 atom stereocenters. The molecule has 0 saturated heterocycles. The summed E-state index contributed by atoms with van der Waals surface area (Å²) in [5, 5.41) is 14.8. The Morgan fingerprint density at radius 1 is 1.09 bits per heavy atom. The van der Waals surface area contributed by atoms with Gasteiger partial charge in [0, 0.05) is 29.9 Å². The number of carboxylic acid groups (broad SMARTS) is 1. The van der Waals surface area contributed by atoms with Crippen LogP contribution in [-0.4, -0.2) is 46.4 Å². The summed E-state index contributed by atoms with van der Waals surface area (Å²) in [4.78, 5) is 28.0. The number of nitrogens with zero attached hydrogens (tertiary/aromatic N) is 3. The highest BCUT2D eigenvalue weighted by Crippen LogP contribution is 2.36. The molecular weight excluding hydrogens is 429 g/mol. The minimum atomic E-state index is -1.10. The summed E-state index contributed by atoms with van der Waals surface area (Å²) in [5.74, 6) is -1.16. The minimum absolute atomic E-state index is 0.280. The van der Waals surface area contributed by atoms with Crippen molar-refractivity contribution >= 4 is 17.6 Å². The number of aliphatic carboxylic acids is 1. The SMILES string of the molecule is COc1cc(C2=NN(C(=O)c3ccncc3)C(c3ccc(F)cc3)C2)ccc1OCC(=O)O. The van der Waals surface area contributed by atoms with E-state index in [1.54, 1.807) is 42.5 Å². The van der Waals surface area contributed by atoms with E-state index in [4.69, 9.17) is 14.6 Å². The molecule has 8 nitrogen and oxygen atoms in total. The van der Waals surface area contributed by atoms with Gasteiger partial charge in [-0.25, -0.2) is 14.2 Å². The first-order valence-electron chi connectivity index (χ1n) is 10.1. The number of benzene rings is 2. The molecule has 3 aromatic rings. The Balaban J connectivity index is 1.68. The lowest BCUT2D eigenvalue weighted by molar-refractivity contribution is -0.139. The molecule has 1 unspecified atom stereocenters. The normalized spacial score (nSPS) is 15.2. The predicted molar refractivity (Wildman–Crippen MR) is 117 cm³/mol. The second-order valence-electron chi connectivity index (χ2n) is 7.25. The van der Waals surface area contributed by atoms with Crippen molar-refractivity contribution in [3.8, 4) is 11.5 Å². The van der Waals surface area contributed by atoms with Crippen LogP contribution in [0.2, 0.25) is 0 Å². The maximum atomic E-state index is 13.5. The molecule has 0 spiro atoms. The van der Waals surface area contributed by atoms with E-state index in [1.165, 1.54) is 36.6 Å². The molecule has 33 heavy (non-hydrogen) atoms. The quantitative estimate of drug-likeness (QED) is 0.591. The molecule has 1 N–H and O–H groups in total. The summed E-state index contributed by atoms with van der Waals surface area (Å²) < 4.78 is 24.1. The number of carboxylic acids is 1. The molecule has 2 aromatic carbocycles. The molecule has 0 aliphatic carbocycles. The van der Waals surface area contributed by atoms with Gasteiger partial charge in [-0.3, -0.25) is 9.78 Å². The summed E-state index contributed by atoms with van der Waals surface area (Å²) in [5.41, 5.74) is 2.48. The van der Waals surface area contributed by atoms with Crippen molar-refractivity contribution in [1.29, 1.82) is 0 Å². The molecule has 0 saturated carbocycles. The average Bonchev–Trinajstić information content (AvgIpc) is 3.28. The molecule has 1 aliphatic rings. The second-order valence-corrected chi connectivity index (χ2v) is 7.25. The fraction of sp³-hybridized carbons (Fsp3) is 0.167. The van der Waals surface area contributed by atoms with E-state index in [0.717, 1.165) is 5.56 Å². The van der Waals surface area contributed by atoms with Gasteiger partial charge >= 0.3 is 5.97 Å². The third-order valence-corrected chi connectivity index (χ3v) is 5.15. The van der Waals surface area contributed by atoms with Gasteiger partial charge in [0.2, 0.25) is 0 Å². The average molecular weight is 449 g/mol. The molecule has 168 valence electrons. The molecule has 0 radical (unpaired) electrons. The van der Waals surface area contributed by atoms with Crippen LogP contribution in [0.4, 0.5) is 4.39 Å². The summed E-state index contributed by atoms with van der Waals surface area (Å²) in [6.07, 6.45) is 3.45. The second kappa shape index (κ2) is 9.47. The predicted octanol–water partition coefficient (Wildman–Crippen LogP) is 3.68. The first-order valence-corrected chi connectivity index (χ1v) is 10.1. The van der Waals surface area contributed by atoms with Crippen LogP contribution in [0.5, 0.6) is 11.5 Å². The van der Waals surface area contributed by atoms with E-state index in [1.807, 2.05) is 0 Å². The van der Waals surface area contributed by atoms with Gasteiger partial charge in [-0.2, -0.15) is 5.10 Å². The van der Waals surface area contributed by atoms with Crippen molar-refractivity contribution < 1.29 is 28.6 Å². The topological polar surface area (TPSA) is 101 Å². The largest absolute Gasteiger partial charge is 0.493 e. The Hall–Kier alpha value is -4.27. The van der Waals surface area contributed by atoms with Gasteiger partial charge < -0.3 is 14.6 Å². The van der Waals surface area contributed by atoms with E-state index >= 15 is 0 Å². The number of methoxy groups -OCH3 is 1. The summed E-state index contributed by atoms with van der Waals surface area (Å²) in [7, 11) is 1.45. The molecule has 2 heterocycles. The van der Waals surface area contributed by atoms with E-state index in [0.29, 0.717) is 29.0 Å². The van der Waals surface area contributed by atoms with Crippen molar-refractivity contribution in [3.05, 3.63) is 89.5 Å². The zero-order valence-corrected chi connectivity index (χ0v) is 17.6. The first-order chi connectivity index (χ1) is 16.0. The molecule has 1 aliphatic heterocycles. The van der Waals surface area contributed by atoms with Gasteiger partial charge in [-0.05, 0) is 48.0 Å². The Kier molecular flexibility index (Phi) is 6.30. The fourth-order valence-corrected chi connectivity index (χ4v) is 3.55. The highest BCUT2D eigenvalue weighted by atomic mass is 19.1. The van der Waals surface area contributed by atoms with Gasteiger partial charge in [0.15, 0.2) is 18.1 Å². The summed E-state index contributed by atoms with van der Waals surface area (Å²) >= 11 is 0. The highest BCUT2D eigenvalue weighted by Gasteiger charge is 2.34. The third-order valence-electron chi connectivity index (χ3n) is 5.15. The zero-order valence-electron chi connectivity index (χ0n) is 17.6. The molecule has 1 amide bonds. The summed E-state index contributed by atoms with van der Waals surface area (Å²) in [6.45, 7) is -0.502. The molecule has 9 heteroatoms. The summed E-state index contributed by atoms with van der Waals surface area (Å²) in [6, 6.07) is 13.7. The number of ether oxygens (including phenoxy) is 2.